The molecule has 23 heavy (non-hydrogen) atoms. The van der Waals surface area contributed by atoms with Crippen molar-refractivity contribution in [1.82, 2.24) is 9.62 Å². The van der Waals surface area contributed by atoms with Crippen molar-refractivity contribution in [2.45, 2.75) is 24.7 Å². The second-order valence-corrected chi connectivity index (χ2v) is 7.52. The number of hydrogen-bond acceptors (Lipinski definition) is 4. The van der Waals surface area contributed by atoms with Gasteiger partial charge in [0.1, 0.15) is 0 Å². The van der Waals surface area contributed by atoms with E-state index in [1.165, 1.54) is 6.07 Å². The van der Waals surface area contributed by atoms with Crippen molar-refractivity contribution < 1.29 is 26.7 Å². The van der Waals surface area contributed by atoms with Crippen LogP contribution in [0.3, 0.4) is 0 Å². The molecule has 1 aliphatic heterocycles. The van der Waals surface area contributed by atoms with E-state index in [0.29, 0.717) is 25.1 Å². The first-order valence-corrected chi connectivity index (χ1v) is 8.99. The van der Waals surface area contributed by atoms with Crippen LogP contribution in [0.2, 0.25) is 0 Å². The smallest absolute Gasteiger partial charge is 0.392 e. The van der Waals surface area contributed by atoms with Gasteiger partial charge in [-0.1, -0.05) is 12.1 Å². The summed E-state index contributed by atoms with van der Waals surface area (Å²) in [6.07, 6.45) is -3.71. The summed E-state index contributed by atoms with van der Waals surface area (Å²) in [6, 6.07) is 4.66. The summed E-state index contributed by atoms with van der Waals surface area (Å²) >= 11 is 0. The van der Waals surface area contributed by atoms with Crippen LogP contribution in [0.15, 0.2) is 24.3 Å². The van der Waals surface area contributed by atoms with E-state index < -0.39 is 27.9 Å². The molecule has 1 saturated heterocycles. The first-order valence-electron chi connectivity index (χ1n) is 7.10. The van der Waals surface area contributed by atoms with Gasteiger partial charge in [0.05, 0.1) is 17.9 Å². The van der Waals surface area contributed by atoms with Crippen molar-refractivity contribution >= 4 is 10.0 Å². The zero-order valence-electron chi connectivity index (χ0n) is 12.5. The summed E-state index contributed by atoms with van der Waals surface area (Å²) < 4.78 is 63.0. The van der Waals surface area contributed by atoms with Gasteiger partial charge in [-0.15, -0.1) is 0 Å². The van der Waals surface area contributed by atoms with Crippen LogP contribution < -0.4 is 4.72 Å². The van der Waals surface area contributed by atoms with Gasteiger partial charge in [0.15, 0.2) is 0 Å². The van der Waals surface area contributed by atoms with E-state index in [2.05, 4.69) is 4.72 Å². The Hall–Kier alpha value is -1.16. The average Bonchev–Trinajstić information content (AvgIpc) is 2.78. The highest BCUT2D eigenvalue weighted by Gasteiger charge is 2.35. The summed E-state index contributed by atoms with van der Waals surface area (Å²) in [5.41, 5.74) is -0.263. The molecule has 1 aromatic rings. The summed E-state index contributed by atoms with van der Waals surface area (Å²) in [4.78, 5) is 1.79. The van der Waals surface area contributed by atoms with Crippen LogP contribution in [0.5, 0.6) is 0 Å². The zero-order chi connectivity index (χ0) is 17.3. The van der Waals surface area contributed by atoms with Crippen LogP contribution in [-0.4, -0.2) is 50.4 Å². The van der Waals surface area contributed by atoms with Crippen LogP contribution in [0.25, 0.3) is 0 Å². The number of nitrogens with zero attached hydrogens (tertiary/aromatic N) is 1. The number of sulfonamides is 1. The number of aliphatic hydroxyl groups excluding tert-OH is 1. The zero-order valence-corrected chi connectivity index (χ0v) is 13.4. The van der Waals surface area contributed by atoms with E-state index >= 15 is 0 Å². The van der Waals surface area contributed by atoms with Crippen LogP contribution in [0, 0.1) is 0 Å². The van der Waals surface area contributed by atoms with E-state index in [-0.39, 0.29) is 12.6 Å². The Morgan fingerprint density at radius 1 is 1.39 bits per heavy atom. The highest BCUT2D eigenvalue weighted by Crippen LogP contribution is 2.35. The third kappa shape index (κ3) is 5.17. The van der Waals surface area contributed by atoms with Gasteiger partial charge in [-0.3, -0.25) is 4.90 Å². The summed E-state index contributed by atoms with van der Waals surface area (Å²) in [5.74, 6) is 0. The summed E-state index contributed by atoms with van der Waals surface area (Å²) in [5, 5.41) is 9.82. The van der Waals surface area contributed by atoms with Gasteiger partial charge in [0.25, 0.3) is 0 Å². The van der Waals surface area contributed by atoms with Crippen molar-refractivity contribution in [2.75, 3.05) is 25.9 Å². The molecular weight excluding hydrogens is 333 g/mol. The van der Waals surface area contributed by atoms with E-state index in [4.69, 9.17) is 0 Å². The summed E-state index contributed by atoms with van der Waals surface area (Å²) in [7, 11) is -3.33. The highest BCUT2D eigenvalue weighted by atomic mass is 32.2. The fourth-order valence-corrected chi connectivity index (χ4v) is 3.23. The normalized spacial score (nSPS) is 23.3. The number of likely N-dealkylation sites (tertiary alicyclic amines) is 1. The minimum atomic E-state index is -4.42. The monoisotopic (exact) mass is 352 g/mol. The number of alkyl halides is 3. The minimum absolute atomic E-state index is 0.140. The average molecular weight is 352 g/mol. The Labute approximate surface area is 133 Å². The first-order chi connectivity index (χ1) is 10.6. The van der Waals surface area contributed by atoms with Crippen molar-refractivity contribution in [3.8, 4) is 0 Å². The molecule has 0 saturated carbocycles. The molecule has 1 aromatic carbocycles. The van der Waals surface area contributed by atoms with Gasteiger partial charge in [-0.05, 0) is 24.1 Å². The van der Waals surface area contributed by atoms with Gasteiger partial charge < -0.3 is 5.11 Å². The van der Waals surface area contributed by atoms with E-state index in [0.717, 1.165) is 18.4 Å². The first kappa shape index (κ1) is 18.2. The lowest BCUT2D eigenvalue weighted by molar-refractivity contribution is -0.137. The molecule has 0 spiro atoms. The Bertz CT molecular complexity index is 649. The molecule has 2 rings (SSSR count). The number of β-amino-alcohol motifs (C(OH)–C–C–N with tert-alkyl or cyclic N) is 1. The second-order valence-electron chi connectivity index (χ2n) is 5.69. The minimum Gasteiger partial charge on any atom is -0.392 e. The maximum atomic E-state index is 12.8. The lowest BCUT2D eigenvalue weighted by atomic mass is 10.0. The van der Waals surface area contributed by atoms with Gasteiger partial charge in [0, 0.05) is 25.7 Å². The number of rotatable bonds is 5. The van der Waals surface area contributed by atoms with Crippen LogP contribution in [0.4, 0.5) is 13.2 Å². The highest BCUT2D eigenvalue weighted by molar-refractivity contribution is 7.88. The Balaban J connectivity index is 2.13. The molecule has 0 aliphatic carbocycles. The van der Waals surface area contributed by atoms with Gasteiger partial charge in [-0.25, -0.2) is 13.1 Å². The van der Waals surface area contributed by atoms with Crippen molar-refractivity contribution in [3.05, 3.63) is 35.4 Å². The topological polar surface area (TPSA) is 69.6 Å². The quantitative estimate of drug-likeness (QED) is 0.840. The number of nitrogens with one attached hydrogen (secondary N) is 1. The molecule has 0 amide bonds. The molecule has 1 heterocycles. The lowest BCUT2D eigenvalue weighted by Gasteiger charge is -2.25. The van der Waals surface area contributed by atoms with Crippen LogP contribution in [0.1, 0.15) is 23.6 Å². The van der Waals surface area contributed by atoms with Crippen LogP contribution >= 0.6 is 0 Å². The molecule has 1 fully saturated rings. The Morgan fingerprint density at radius 2 is 2.09 bits per heavy atom. The predicted molar refractivity (Wildman–Crippen MR) is 79.2 cm³/mol. The molecule has 2 N–H and O–H groups in total. The molecule has 9 heteroatoms. The number of benzene rings is 1. The molecule has 5 nitrogen and oxygen atoms in total. The third-order valence-electron chi connectivity index (χ3n) is 3.74. The Kier molecular flexibility index (Phi) is 5.34. The third-order valence-corrected chi connectivity index (χ3v) is 4.47. The molecule has 130 valence electrons. The molecular formula is C14H19F3N2O3S. The van der Waals surface area contributed by atoms with E-state index in [9.17, 15) is 26.7 Å². The summed E-state index contributed by atoms with van der Waals surface area (Å²) in [6.45, 7) is 0.748. The van der Waals surface area contributed by atoms with E-state index in [1.807, 2.05) is 0 Å². The predicted octanol–water partition coefficient (Wildman–Crippen LogP) is 1.36. The van der Waals surface area contributed by atoms with Crippen molar-refractivity contribution in [2.24, 2.45) is 0 Å². The lowest BCUT2D eigenvalue weighted by Crippen LogP contribution is -2.35. The van der Waals surface area contributed by atoms with Gasteiger partial charge in [-0.2, -0.15) is 13.2 Å². The largest absolute Gasteiger partial charge is 0.416 e. The fourth-order valence-electron chi connectivity index (χ4n) is 2.77. The molecule has 1 aliphatic rings. The van der Waals surface area contributed by atoms with E-state index in [1.54, 1.807) is 11.0 Å². The van der Waals surface area contributed by atoms with Crippen LogP contribution in [-0.2, 0) is 16.2 Å². The molecule has 2 atom stereocenters. The Morgan fingerprint density at radius 3 is 2.70 bits per heavy atom. The van der Waals surface area contributed by atoms with Gasteiger partial charge in [0.2, 0.25) is 10.0 Å². The molecule has 0 bridgehead atoms. The molecule has 0 aromatic heterocycles. The van der Waals surface area contributed by atoms with Crippen molar-refractivity contribution in [3.63, 3.8) is 0 Å². The van der Waals surface area contributed by atoms with Crippen molar-refractivity contribution in [1.29, 1.82) is 0 Å². The molecule has 0 unspecified atom stereocenters. The fraction of sp³-hybridized carbons (Fsp3) is 0.571. The second kappa shape index (κ2) is 6.76. The number of hydrogen-bond donors (Lipinski definition) is 2. The number of aliphatic hydroxyl groups is 1. The maximum Gasteiger partial charge on any atom is 0.416 e. The SMILES string of the molecule is CS(=O)(=O)NCCN1C[C@@H](O)C[C@@H]1c1cccc(C(F)(F)F)c1. The molecule has 0 radical (unpaired) electrons. The number of halogens is 3. The standard InChI is InChI=1S/C14H19F3N2O3S/c1-23(21,22)18-5-6-19-9-12(20)8-13(19)10-3-2-4-11(7-10)14(15,16)17/h2-4,7,12-13,18,20H,5-6,8-9H2,1H3/t12-,13+/m0/s1. The maximum absolute atomic E-state index is 12.8. The van der Waals surface area contributed by atoms with Gasteiger partial charge >= 0.3 is 6.18 Å².